The number of halogens is 1. The minimum absolute atomic E-state index is 0.0117. The molecule has 2 bridgehead atoms. The number of ether oxygens (including phenoxy) is 2. The highest BCUT2D eigenvalue weighted by Crippen LogP contribution is 2.43. The number of piperidine rings is 1. The van der Waals surface area contributed by atoms with Gasteiger partial charge in [-0.3, -0.25) is 9.69 Å². The number of nitrogens with one attached hydrogen (secondary N) is 1. The molecule has 2 amide bonds. The Morgan fingerprint density at radius 2 is 2.03 bits per heavy atom. The molecule has 1 aliphatic carbocycles. The van der Waals surface area contributed by atoms with Crippen LogP contribution >= 0.6 is 0 Å². The molecule has 0 spiro atoms. The van der Waals surface area contributed by atoms with E-state index in [1.54, 1.807) is 32.9 Å². The van der Waals surface area contributed by atoms with Crippen molar-refractivity contribution in [3.63, 3.8) is 0 Å². The number of nitriles is 1. The van der Waals surface area contributed by atoms with E-state index in [9.17, 15) is 19.2 Å². The Bertz CT molecular complexity index is 987. The zero-order chi connectivity index (χ0) is 26.6. The number of carbonyl (C=O) groups excluding carboxylic acids is 2. The second-order valence-electron chi connectivity index (χ2n) is 11.2. The van der Waals surface area contributed by atoms with E-state index in [2.05, 4.69) is 16.3 Å². The number of amides is 2. The molecule has 8 nitrogen and oxygen atoms in total. The molecule has 1 saturated heterocycles. The summed E-state index contributed by atoms with van der Waals surface area (Å²) in [5, 5.41) is 12.4. The van der Waals surface area contributed by atoms with Crippen LogP contribution in [0.15, 0.2) is 18.2 Å². The molecule has 1 aliphatic heterocycles. The molecule has 1 heterocycles. The predicted octanol–water partition coefficient (Wildman–Crippen LogP) is 3.88. The minimum Gasteiger partial charge on any atom is -0.491 e. The van der Waals surface area contributed by atoms with Gasteiger partial charge < -0.3 is 19.7 Å². The number of hydrogen-bond donors (Lipinski definition) is 1. The summed E-state index contributed by atoms with van der Waals surface area (Å²) in [6, 6.07) is 5.00. The Hall–Kier alpha value is -2.86. The lowest BCUT2D eigenvalue weighted by Crippen LogP contribution is -2.55. The predicted molar refractivity (Wildman–Crippen MR) is 134 cm³/mol. The fourth-order valence-corrected chi connectivity index (χ4v) is 5.01. The molecule has 9 heteroatoms. The van der Waals surface area contributed by atoms with E-state index in [0.29, 0.717) is 11.3 Å². The van der Waals surface area contributed by atoms with Crippen molar-refractivity contribution < 1.29 is 23.5 Å². The average molecular weight is 503 g/mol. The molecule has 3 rings (SSSR count). The zero-order valence-corrected chi connectivity index (χ0v) is 22.2. The fourth-order valence-electron chi connectivity index (χ4n) is 5.01. The lowest BCUT2D eigenvalue weighted by molar-refractivity contribution is -0.128. The highest BCUT2D eigenvalue weighted by molar-refractivity contribution is 5.87. The quantitative estimate of drug-likeness (QED) is 0.551. The second kappa shape index (κ2) is 11.5. The van der Waals surface area contributed by atoms with Gasteiger partial charge in [0, 0.05) is 25.1 Å². The third-order valence-corrected chi connectivity index (χ3v) is 6.70. The monoisotopic (exact) mass is 502 g/mol. The first kappa shape index (κ1) is 27.7. The molecular formula is C27H39FN4O4. The van der Waals surface area contributed by atoms with Crippen LogP contribution in [0.4, 0.5) is 9.18 Å². The summed E-state index contributed by atoms with van der Waals surface area (Å²) in [5.74, 6) is -0.425. The summed E-state index contributed by atoms with van der Waals surface area (Å²) in [6.07, 6.45) is 2.67. The van der Waals surface area contributed by atoms with E-state index in [1.807, 2.05) is 21.0 Å². The standard InChI is InChI=1S/C27H39FN4O4/c1-17(11-12-31(5)6)35-22-10-8-18(23(28)15-22)13-20(16-29)30-25(33)24-19-7-9-21(14-19)32(24)26(34)36-27(2,3)4/h8,10,15,17,19-21,24H,7,9,11-14H2,1-6H3,(H,30,33)/t17?,19?,20-,21?,24?/m0/s1. The van der Waals surface area contributed by atoms with Crippen LogP contribution in [0.25, 0.3) is 0 Å². The first-order valence-electron chi connectivity index (χ1n) is 12.7. The van der Waals surface area contributed by atoms with Crippen LogP contribution in [0.5, 0.6) is 5.75 Å². The van der Waals surface area contributed by atoms with Crippen LogP contribution < -0.4 is 10.1 Å². The molecule has 198 valence electrons. The first-order valence-corrected chi connectivity index (χ1v) is 12.7. The van der Waals surface area contributed by atoms with Crippen molar-refractivity contribution in [1.82, 2.24) is 15.1 Å². The largest absolute Gasteiger partial charge is 0.491 e. The number of nitrogens with zero attached hydrogens (tertiary/aromatic N) is 3. The molecule has 36 heavy (non-hydrogen) atoms. The third kappa shape index (κ3) is 7.10. The summed E-state index contributed by atoms with van der Waals surface area (Å²) in [4.78, 5) is 29.6. The van der Waals surface area contributed by atoms with Gasteiger partial charge in [-0.25, -0.2) is 9.18 Å². The zero-order valence-electron chi connectivity index (χ0n) is 22.2. The van der Waals surface area contributed by atoms with Gasteiger partial charge in [-0.2, -0.15) is 5.26 Å². The van der Waals surface area contributed by atoms with Crippen molar-refractivity contribution in [2.24, 2.45) is 5.92 Å². The number of hydrogen-bond acceptors (Lipinski definition) is 6. The molecule has 0 aromatic heterocycles. The molecule has 1 aromatic carbocycles. The molecular weight excluding hydrogens is 463 g/mol. The van der Waals surface area contributed by atoms with Gasteiger partial charge in [-0.05, 0) is 85.0 Å². The molecule has 0 radical (unpaired) electrons. The number of likely N-dealkylation sites (tertiary alicyclic amines) is 1. The molecule has 1 N–H and O–H groups in total. The summed E-state index contributed by atoms with van der Waals surface area (Å²) in [7, 11) is 3.97. The van der Waals surface area contributed by atoms with Crippen LogP contribution in [0, 0.1) is 23.1 Å². The van der Waals surface area contributed by atoms with Crippen LogP contribution in [-0.2, 0) is 16.0 Å². The fraction of sp³-hybridized carbons (Fsp3) is 0.667. The Kier molecular flexibility index (Phi) is 8.83. The maximum Gasteiger partial charge on any atom is 0.411 e. The Balaban J connectivity index is 1.63. The highest BCUT2D eigenvalue weighted by atomic mass is 19.1. The summed E-state index contributed by atoms with van der Waals surface area (Å²) < 4.78 is 26.2. The summed E-state index contributed by atoms with van der Waals surface area (Å²) in [6.45, 7) is 8.16. The van der Waals surface area contributed by atoms with E-state index in [4.69, 9.17) is 9.47 Å². The highest BCUT2D eigenvalue weighted by Gasteiger charge is 2.52. The normalized spacial score (nSPS) is 22.8. The van der Waals surface area contributed by atoms with Gasteiger partial charge in [-0.15, -0.1) is 0 Å². The minimum atomic E-state index is -0.933. The lowest BCUT2D eigenvalue weighted by Gasteiger charge is -2.35. The Labute approximate surface area is 213 Å². The van der Waals surface area contributed by atoms with Crippen molar-refractivity contribution in [3.05, 3.63) is 29.6 Å². The second-order valence-corrected chi connectivity index (χ2v) is 11.2. The number of rotatable bonds is 9. The van der Waals surface area contributed by atoms with Gasteiger partial charge in [0.2, 0.25) is 5.91 Å². The summed E-state index contributed by atoms with van der Waals surface area (Å²) >= 11 is 0. The van der Waals surface area contributed by atoms with Gasteiger partial charge in [0.1, 0.15) is 29.3 Å². The SMILES string of the molecule is CC(CCN(C)C)Oc1ccc(C[C@@H](C#N)NC(=O)C2C3CCC(C3)N2C(=O)OC(C)(C)C)c(F)c1. The van der Waals surface area contributed by atoms with E-state index in [1.165, 1.54) is 11.0 Å². The van der Waals surface area contributed by atoms with Gasteiger partial charge in [-0.1, -0.05) is 6.07 Å². The van der Waals surface area contributed by atoms with Gasteiger partial charge in [0.25, 0.3) is 0 Å². The lowest BCUT2D eigenvalue weighted by atomic mass is 9.97. The van der Waals surface area contributed by atoms with Crippen LogP contribution in [0.3, 0.4) is 0 Å². The smallest absolute Gasteiger partial charge is 0.411 e. The van der Waals surface area contributed by atoms with E-state index >= 15 is 0 Å². The molecule has 1 aromatic rings. The van der Waals surface area contributed by atoms with Crippen molar-refractivity contribution in [1.29, 1.82) is 5.26 Å². The van der Waals surface area contributed by atoms with Crippen molar-refractivity contribution >= 4 is 12.0 Å². The first-order chi connectivity index (χ1) is 16.9. The van der Waals surface area contributed by atoms with Crippen LogP contribution in [-0.4, -0.2) is 72.3 Å². The number of carbonyl (C=O) groups is 2. The van der Waals surface area contributed by atoms with Crippen molar-refractivity contribution in [2.75, 3.05) is 20.6 Å². The molecule has 2 aliphatic rings. The number of benzene rings is 1. The number of fused-ring (bicyclic) bond motifs is 2. The summed E-state index contributed by atoms with van der Waals surface area (Å²) in [5.41, 5.74) is -0.362. The van der Waals surface area contributed by atoms with Gasteiger partial charge >= 0.3 is 6.09 Å². The molecule has 1 saturated carbocycles. The van der Waals surface area contributed by atoms with Crippen LogP contribution in [0.1, 0.15) is 58.9 Å². The average Bonchev–Trinajstić information content (AvgIpc) is 3.39. The van der Waals surface area contributed by atoms with Gasteiger partial charge in [0.15, 0.2) is 0 Å². The maximum absolute atomic E-state index is 14.8. The maximum atomic E-state index is 14.8. The van der Waals surface area contributed by atoms with E-state index in [-0.39, 0.29) is 24.5 Å². The van der Waals surface area contributed by atoms with Gasteiger partial charge in [0.05, 0.1) is 12.2 Å². The van der Waals surface area contributed by atoms with Crippen molar-refractivity contribution in [2.45, 2.75) is 89.6 Å². The van der Waals surface area contributed by atoms with E-state index in [0.717, 1.165) is 32.2 Å². The molecule has 4 unspecified atom stereocenters. The Morgan fingerprint density at radius 3 is 2.64 bits per heavy atom. The molecule has 5 atom stereocenters. The Morgan fingerprint density at radius 1 is 1.31 bits per heavy atom. The third-order valence-electron chi connectivity index (χ3n) is 6.70. The topological polar surface area (TPSA) is 94.9 Å². The van der Waals surface area contributed by atoms with E-state index < -0.39 is 35.5 Å². The van der Waals surface area contributed by atoms with Crippen LogP contribution in [0.2, 0.25) is 0 Å². The van der Waals surface area contributed by atoms with Crippen molar-refractivity contribution in [3.8, 4) is 11.8 Å². The molecule has 2 fully saturated rings.